The van der Waals surface area contributed by atoms with Crippen LogP contribution in [0.25, 0.3) is 0 Å². The van der Waals surface area contributed by atoms with Crippen LogP contribution in [0.2, 0.25) is 0 Å². The minimum Gasteiger partial charge on any atom is -0.478 e. The van der Waals surface area contributed by atoms with Gasteiger partial charge in [-0.3, -0.25) is 0 Å². The summed E-state index contributed by atoms with van der Waals surface area (Å²) in [6, 6.07) is 3.15. The second kappa shape index (κ2) is 3.81. The summed E-state index contributed by atoms with van der Waals surface area (Å²) < 4.78 is 0. The molecule has 0 saturated carbocycles. The fourth-order valence-corrected chi connectivity index (χ4v) is 1.50. The molecular formula is C9H11BO4. The summed E-state index contributed by atoms with van der Waals surface area (Å²) in [6.07, 6.45) is 0. The first kappa shape index (κ1) is 10.8. The lowest BCUT2D eigenvalue weighted by Gasteiger charge is -2.09. The summed E-state index contributed by atoms with van der Waals surface area (Å²) in [5, 5.41) is 26.9. The van der Waals surface area contributed by atoms with Crippen LogP contribution in [-0.2, 0) is 0 Å². The molecule has 0 aliphatic heterocycles. The highest BCUT2D eigenvalue weighted by molar-refractivity contribution is 6.60. The zero-order valence-corrected chi connectivity index (χ0v) is 7.98. The average Bonchev–Trinajstić information content (AvgIpc) is 2.01. The molecule has 0 saturated heterocycles. The van der Waals surface area contributed by atoms with Gasteiger partial charge < -0.3 is 15.2 Å². The molecule has 0 aliphatic carbocycles. The van der Waals surface area contributed by atoms with E-state index >= 15 is 0 Å². The topological polar surface area (TPSA) is 77.8 Å². The smallest absolute Gasteiger partial charge is 0.478 e. The molecular weight excluding hydrogens is 183 g/mol. The predicted octanol–water partition coefficient (Wildman–Crippen LogP) is -0.319. The Morgan fingerprint density at radius 1 is 1.29 bits per heavy atom. The van der Waals surface area contributed by atoms with Gasteiger partial charge in [0.15, 0.2) is 0 Å². The van der Waals surface area contributed by atoms with Crippen LogP contribution in [0.3, 0.4) is 0 Å². The summed E-state index contributed by atoms with van der Waals surface area (Å²) >= 11 is 0. The fraction of sp³-hybridized carbons (Fsp3) is 0.222. The van der Waals surface area contributed by atoms with Crippen LogP contribution < -0.4 is 5.46 Å². The van der Waals surface area contributed by atoms with Gasteiger partial charge in [-0.15, -0.1) is 0 Å². The first-order valence-electron chi connectivity index (χ1n) is 4.14. The third kappa shape index (κ3) is 1.94. The standard InChI is InChI=1S/C9H11BO4/c1-5-3-6(2)8(9(11)12)7(4-5)10(13)14/h3-4,13-14H,1-2H3,(H,11,12). The van der Waals surface area contributed by atoms with Crippen molar-refractivity contribution in [3.05, 3.63) is 28.8 Å². The molecule has 0 heterocycles. The van der Waals surface area contributed by atoms with E-state index in [0.29, 0.717) is 5.56 Å². The highest BCUT2D eigenvalue weighted by Gasteiger charge is 2.22. The van der Waals surface area contributed by atoms with Crippen molar-refractivity contribution < 1.29 is 19.9 Å². The third-order valence-corrected chi connectivity index (χ3v) is 2.00. The van der Waals surface area contributed by atoms with E-state index < -0.39 is 13.1 Å². The van der Waals surface area contributed by atoms with Gasteiger partial charge >= 0.3 is 13.1 Å². The van der Waals surface area contributed by atoms with Crippen LogP contribution in [0.5, 0.6) is 0 Å². The predicted molar refractivity (Wildman–Crippen MR) is 52.7 cm³/mol. The van der Waals surface area contributed by atoms with E-state index in [1.54, 1.807) is 19.9 Å². The number of aromatic carboxylic acids is 1. The molecule has 74 valence electrons. The minimum absolute atomic E-state index is 0.0365. The summed E-state index contributed by atoms with van der Waals surface area (Å²) in [7, 11) is -1.75. The Hall–Kier alpha value is -1.33. The molecule has 0 bridgehead atoms. The maximum Gasteiger partial charge on any atom is 0.489 e. The molecule has 4 nitrogen and oxygen atoms in total. The molecule has 5 heteroatoms. The van der Waals surface area contributed by atoms with Gasteiger partial charge in [-0.25, -0.2) is 4.79 Å². The molecule has 0 atom stereocenters. The lowest BCUT2D eigenvalue weighted by molar-refractivity contribution is 0.0697. The molecule has 0 aromatic heterocycles. The third-order valence-electron chi connectivity index (χ3n) is 2.00. The Bertz CT molecular complexity index is 373. The quantitative estimate of drug-likeness (QED) is 0.564. The number of carbonyl (C=O) groups is 1. The molecule has 0 fully saturated rings. The zero-order valence-electron chi connectivity index (χ0n) is 7.98. The molecule has 0 amide bonds. The summed E-state index contributed by atoms with van der Waals surface area (Å²) in [5.74, 6) is -1.15. The first-order chi connectivity index (χ1) is 6.43. The number of carboxylic acid groups (broad SMARTS) is 1. The largest absolute Gasteiger partial charge is 0.489 e. The number of hydrogen-bond acceptors (Lipinski definition) is 3. The van der Waals surface area contributed by atoms with Gasteiger partial charge in [0.05, 0.1) is 5.56 Å². The lowest BCUT2D eigenvalue weighted by Crippen LogP contribution is -2.35. The second-order valence-corrected chi connectivity index (χ2v) is 3.22. The summed E-state index contributed by atoms with van der Waals surface area (Å²) in [6.45, 7) is 3.40. The van der Waals surface area contributed by atoms with Gasteiger partial charge in [0, 0.05) is 0 Å². The van der Waals surface area contributed by atoms with Crippen LogP contribution >= 0.6 is 0 Å². The molecule has 14 heavy (non-hydrogen) atoms. The lowest BCUT2D eigenvalue weighted by atomic mass is 9.75. The number of carboxylic acids is 1. The Morgan fingerprint density at radius 2 is 1.86 bits per heavy atom. The van der Waals surface area contributed by atoms with Crippen LogP contribution in [0.15, 0.2) is 12.1 Å². The SMILES string of the molecule is Cc1cc(C)c(C(=O)O)c(B(O)O)c1. The van der Waals surface area contributed by atoms with Crippen molar-refractivity contribution in [3.63, 3.8) is 0 Å². The number of rotatable bonds is 2. The number of benzene rings is 1. The zero-order chi connectivity index (χ0) is 10.9. The van der Waals surface area contributed by atoms with E-state index in [9.17, 15) is 4.79 Å². The molecule has 3 N–H and O–H groups in total. The molecule has 0 spiro atoms. The van der Waals surface area contributed by atoms with E-state index in [-0.39, 0.29) is 11.0 Å². The van der Waals surface area contributed by atoms with Crippen LogP contribution in [0, 0.1) is 13.8 Å². The Kier molecular flexibility index (Phi) is 2.93. The van der Waals surface area contributed by atoms with E-state index in [2.05, 4.69) is 0 Å². The molecule has 1 aromatic rings. The van der Waals surface area contributed by atoms with Gasteiger partial charge in [0.2, 0.25) is 0 Å². The van der Waals surface area contributed by atoms with E-state index in [1.165, 1.54) is 6.07 Å². The van der Waals surface area contributed by atoms with Crippen molar-refractivity contribution in [1.29, 1.82) is 0 Å². The Balaban J connectivity index is 3.44. The molecule has 0 aliphatic rings. The van der Waals surface area contributed by atoms with E-state index in [1.807, 2.05) is 0 Å². The van der Waals surface area contributed by atoms with Crippen molar-refractivity contribution in [1.82, 2.24) is 0 Å². The Morgan fingerprint density at radius 3 is 2.29 bits per heavy atom. The molecule has 0 radical (unpaired) electrons. The van der Waals surface area contributed by atoms with Crippen molar-refractivity contribution in [2.75, 3.05) is 0 Å². The molecule has 1 rings (SSSR count). The van der Waals surface area contributed by atoms with Crippen molar-refractivity contribution in [2.24, 2.45) is 0 Å². The summed E-state index contributed by atoms with van der Waals surface area (Å²) in [5.41, 5.74) is 1.33. The average molecular weight is 194 g/mol. The van der Waals surface area contributed by atoms with Crippen molar-refractivity contribution in [2.45, 2.75) is 13.8 Å². The van der Waals surface area contributed by atoms with Gasteiger partial charge in [0.1, 0.15) is 0 Å². The molecule has 1 aromatic carbocycles. The van der Waals surface area contributed by atoms with Gasteiger partial charge in [0.25, 0.3) is 0 Å². The van der Waals surface area contributed by atoms with Gasteiger partial charge in [-0.2, -0.15) is 0 Å². The number of hydrogen-bond donors (Lipinski definition) is 3. The minimum atomic E-state index is -1.75. The van der Waals surface area contributed by atoms with Crippen molar-refractivity contribution in [3.8, 4) is 0 Å². The second-order valence-electron chi connectivity index (χ2n) is 3.22. The summed E-state index contributed by atoms with van der Waals surface area (Å²) in [4.78, 5) is 10.8. The maximum absolute atomic E-state index is 10.8. The van der Waals surface area contributed by atoms with Gasteiger partial charge in [-0.1, -0.05) is 17.7 Å². The van der Waals surface area contributed by atoms with E-state index in [0.717, 1.165) is 5.56 Å². The van der Waals surface area contributed by atoms with E-state index in [4.69, 9.17) is 15.2 Å². The normalized spacial score (nSPS) is 10.0. The fourth-order valence-electron chi connectivity index (χ4n) is 1.50. The maximum atomic E-state index is 10.8. The highest BCUT2D eigenvalue weighted by atomic mass is 16.4. The Labute approximate surface area is 82.0 Å². The van der Waals surface area contributed by atoms with Crippen molar-refractivity contribution >= 4 is 18.6 Å². The highest BCUT2D eigenvalue weighted by Crippen LogP contribution is 2.08. The van der Waals surface area contributed by atoms with Gasteiger partial charge in [-0.05, 0) is 24.9 Å². The monoisotopic (exact) mass is 194 g/mol. The number of aryl methyl sites for hydroxylation is 2. The first-order valence-corrected chi connectivity index (χ1v) is 4.14. The van der Waals surface area contributed by atoms with Crippen LogP contribution in [-0.4, -0.2) is 28.2 Å². The van der Waals surface area contributed by atoms with Crippen LogP contribution in [0.4, 0.5) is 0 Å². The van der Waals surface area contributed by atoms with Crippen LogP contribution in [0.1, 0.15) is 21.5 Å². The molecule has 0 unspecified atom stereocenters.